The maximum absolute atomic E-state index is 11.7. The Kier molecular flexibility index (Phi) is 3.27. The second-order valence-electron chi connectivity index (χ2n) is 3.84. The van der Waals surface area contributed by atoms with E-state index in [0.29, 0.717) is 12.6 Å². The molecule has 1 amide bonds. The van der Waals surface area contributed by atoms with Crippen LogP contribution in [0.4, 0.5) is 0 Å². The number of hydrogen-bond acceptors (Lipinski definition) is 3. The molecule has 1 fully saturated rings. The molecule has 1 aliphatic rings. The minimum Gasteiger partial charge on any atom is -0.343 e. The summed E-state index contributed by atoms with van der Waals surface area (Å²) < 4.78 is 0. The number of likely N-dealkylation sites (N-methyl/N-ethyl adjacent to an activating group) is 1. The Morgan fingerprint density at radius 1 is 1.54 bits per heavy atom. The fraction of sp³-hybridized carbons (Fsp3) is 0.889. The number of rotatable bonds is 2. The molecule has 1 aliphatic heterocycles. The van der Waals surface area contributed by atoms with E-state index in [2.05, 4.69) is 18.7 Å². The van der Waals surface area contributed by atoms with E-state index in [1.54, 1.807) is 4.90 Å². The lowest BCUT2D eigenvalue weighted by atomic mass is 10.1. The number of amides is 1. The molecule has 0 radical (unpaired) electrons. The molecule has 13 heavy (non-hydrogen) atoms. The van der Waals surface area contributed by atoms with Gasteiger partial charge in [-0.25, -0.2) is 0 Å². The molecule has 0 aromatic carbocycles. The SMILES string of the molecule is CC(C)N1CCN(C)C(=O)C1CN. The Morgan fingerprint density at radius 2 is 2.15 bits per heavy atom. The minimum atomic E-state index is -0.112. The summed E-state index contributed by atoms with van der Waals surface area (Å²) in [5.41, 5.74) is 5.59. The van der Waals surface area contributed by atoms with E-state index in [1.807, 2.05) is 7.05 Å². The lowest BCUT2D eigenvalue weighted by molar-refractivity contribution is -0.140. The molecule has 0 aliphatic carbocycles. The molecule has 1 rings (SSSR count). The van der Waals surface area contributed by atoms with E-state index < -0.39 is 0 Å². The molecule has 76 valence electrons. The van der Waals surface area contributed by atoms with E-state index in [4.69, 9.17) is 5.73 Å². The molecular formula is C9H19N3O. The van der Waals surface area contributed by atoms with E-state index in [-0.39, 0.29) is 11.9 Å². The fourth-order valence-corrected chi connectivity index (χ4v) is 1.78. The van der Waals surface area contributed by atoms with E-state index in [9.17, 15) is 4.79 Å². The summed E-state index contributed by atoms with van der Waals surface area (Å²) in [4.78, 5) is 15.6. The Hall–Kier alpha value is -0.610. The number of nitrogens with two attached hydrogens (primary N) is 1. The van der Waals surface area contributed by atoms with Crippen molar-refractivity contribution in [3.05, 3.63) is 0 Å². The van der Waals surface area contributed by atoms with Gasteiger partial charge in [-0.2, -0.15) is 0 Å². The molecule has 0 saturated carbocycles. The van der Waals surface area contributed by atoms with Gasteiger partial charge in [0.15, 0.2) is 0 Å². The smallest absolute Gasteiger partial charge is 0.241 e. The van der Waals surface area contributed by atoms with Crippen LogP contribution in [0.2, 0.25) is 0 Å². The fourth-order valence-electron chi connectivity index (χ4n) is 1.78. The second kappa shape index (κ2) is 4.07. The first kappa shape index (κ1) is 10.5. The summed E-state index contributed by atoms with van der Waals surface area (Å²) in [6.07, 6.45) is 0. The van der Waals surface area contributed by atoms with Crippen molar-refractivity contribution in [2.24, 2.45) is 5.73 Å². The van der Waals surface area contributed by atoms with Crippen LogP contribution >= 0.6 is 0 Å². The summed E-state index contributed by atoms with van der Waals surface area (Å²) in [7, 11) is 1.84. The van der Waals surface area contributed by atoms with Gasteiger partial charge in [-0.1, -0.05) is 0 Å². The molecule has 1 atom stereocenters. The van der Waals surface area contributed by atoms with Gasteiger partial charge in [-0.05, 0) is 13.8 Å². The first-order valence-corrected chi connectivity index (χ1v) is 4.78. The maximum Gasteiger partial charge on any atom is 0.241 e. The van der Waals surface area contributed by atoms with Gasteiger partial charge in [0.1, 0.15) is 6.04 Å². The van der Waals surface area contributed by atoms with Crippen LogP contribution in [0, 0.1) is 0 Å². The molecular weight excluding hydrogens is 166 g/mol. The highest BCUT2D eigenvalue weighted by atomic mass is 16.2. The van der Waals surface area contributed by atoms with Crippen molar-refractivity contribution in [1.29, 1.82) is 0 Å². The Labute approximate surface area is 79.7 Å². The number of nitrogens with zero attached hydrogens (tertiary/aromatic N) is 2. The van der Waals surface area contributed by atoms with Crippen molar-refractivity contribution in [2.75, 3.05) is 26.7 Å². The third-order valence-electron chi connectivity index (χ3n) is 2.64. The predicted molar refractivity (Wildman–Crippen MR) is 52.3 cm³/mol. The zero-order valence-electron chi connectivity index (χ0n) is 8.66. The molecule has 0 aromatic rings. The standard InChI is InChI=1S/C9H19N3O/c1-7(2)12-5-4-11(3)9(13)8(12)6-10/h7-8H,4-6,10H2,1-3H3. The van der Waals surface area contributed by atoms with Crippen LogP contribution < -0.4 is 5.73 Å². The van der Waals surface area contributed by atoms with Gasteiger partial charge in [0.05, 0.1) is 0 Å². The number of carbonyl (C=O) groups is 1. The molecule has 0 bridgehead atoms. The van der Waals surface area contributed by atoms with Crippen LogP contribution in [0.25, 0.3) is 0 Å². The first-order chi connectivity index (χ1) is 6.07. The van der Waals surface area contributed by atoms with E-state index in [0.717, 1.165) is 13.1 Å². The Bertz CT molecular complexity index is 193. The molecule has 4 nitrogen and oxygen atoms in total. The molecule has 4 heteroatoms. The Balaban J connectivity index is 2.72. The van der Waals surface area contributed by atoms with Crippen LogP contribution in [0.1, 0.15) is 13.8 Å². The van der Waals surface area contributed by atoms with Gasteiger partial charge in [-0.3, -0.25) is 9.69 Å². The third kappa shape index (κ3) is 2.00. The third-order valence-corrected chi connectivity index (χ3v) is 2.64. The highest BCUT2D eigenvalue weighted by Crippen LogP contribution is 2.12. The van der Waals surface area contributed by atoms with E-state index in [1.165, 1.54) is 0 Å². The van der Waals surface area contributed by atoms with Gasteiger partial charge < -0.3 is 10.6 Å². The highest BCUT2D eigenvalue weighted by Gasteiger charge is 2.32. The summed E-state index contributed by atoms with van der Waals surface area (Å²) in [6.45, 7) is 6.36. The first-order valence-electron chi connectivity index (χ1n) is 4.78. The molecule has 2 N–H and O–H groups in total. The molecule has 1 saturated heterocycles. The molecule has 1 unspecified atom stereocenters. The van der Waals surface area contributed by atoms with Crippen molar-refractivity contribution < 1.29 is 4.79 Å². The van der Waals surface area contributed by atoms with Crippen LogP contribution in [0.5, 0.6) is 0 Å². The zero-order chi connectivity index (χ0) is 10.0. The minimum absolute atomic E-state index is 0.112. The van der Waals surface area contributed by atoms with Crippen molar-refractivity contribution in [3.63, 3.8) is 0 Å². The largest absolute Gasteiger partial charge is 0.343 e. The monoisotopic (exact) mass is 185 g/mol. The van der Waals surface area contributed by atoms with Crippen LogP contribution in [-0.4, -0.2) is 54.5 Å². The van der Waals surface area contributed by atoms with Gasteiger partial charge in [0, 0.05) is 32.7 Å². The summed E-state index contributed by atoms with van der Waals surface area (Å²) in [5.74, 6) is 0.155. The second-order valence-corrected chi connectivity index (χ2v) is 3.84. The van der Waals surface area contributed by atoms with E-state index >= 15 is 0 Å². The van der Waals surface area contributed by atoms with Crippen LogP contribution in [-0.2, 0) is 4.79 Å². The average Bonchev–Trinajstić information content (AvgIpc) is 2.09. The topological polar surface area (TPSA) is 49.6 Å². The van der Waals surface area contributed by atoms with Crippen molar-refractivity contribution in [3.8, 4) is 0 Å². The molecule has 1 heterocycles. The van der Waals surface area contributed by atoms with Crippen molar-refractivity contribution >= 4 is 5.91 Å². The maximum atomic E-state index is 11.7. The highest BCUT2D eigenvalue weighted by molar-refractivity contribution is 5.82. The lowest BCUT2D eigenvalue weighted by Crippen LogP contribution is -2.60. The van der Waals surface area contributed by atoms with Gasteiger partial charge in [-0.15, -0.1) is 0 Å². The normalized spacial score (nSPS) is 25.8. The summed E-state index contributed by atoms with van der Waals surface area (Å²) in [5, 5.41) is 0. The zero-order valence-corrected chi connectivity index (χ0v) is 8.66. The van der Waals surface area contributed by atoms with Gasteiger partial charge >= 0.3 is 0 Å². The summed E-state index contributed by atoms with van der Waals surface area (Å²) in [6, 6.07) is 0.282. The van der Waals surface area contributed by atoms with Crippen molar-refractivity contribution in [1.82, 2.24) is 9.80 Å². The number of carbonyl (C=O) groups excluding carboxylic acids is 1. The summed E-state index contributed by atoms with van der Waals surface area (Å²) >= 11 is 0. The number of hydrogen-bond donors (Lipinski definition) is 1. The Morgan fingerprint density at radius 3 is 2.62 bits per heavy atom. The molecule has 0 spiro atoms. The van der Waals surface area contributed by atoms with Gasteiger partial charge in [0.25, 0.3) is 0 Å². The number of piperazine rings is 1. The average molecular weight is 185 g/mol. The van der Waals surface area contributed by atoms with Crippen molar-refractivity contribution in [2.45, 2.75) is 25.9 Å². The van der Waals surface area contributed by atoms with Crippen LogP contribution in [0.15, 0.2) is 0 Å². The quantitative estimate of drug-likeness (QED) is 0.631. The van der Waals surface area contributed by atoms with Crippen LogP contribution in [0.3, 0.4) is 0 Å². The lowest BCUT2D eigenvalue weighted by Gasteiger charge is -2.40. The molecule has 0 aromatic heterocycles. The van der Waals surface area contributed by atoms with Gasteiger partial charge in [0.2, 0.25) is 5.91 Å². The predicted octanol–water partition coefficient (Wildman–Crippen LogP) is -0.504.